The molecule has 0 heterocycles. The van der Waals surface area contributed by atoms with Crippen molar-refractivity contribution in [1.29, 1.82) is 0 Å². The zero-order chi connectivity index (χ0) is 16.0. The van der Waals surface area contributed by atoms with Gasteiger partial charge in [-0.25, -0.2) is 4.39 Å². The van der Waals surface area contributed by atoms with Crippen LogP contribution in [0.4, 0.5) is 4.39 Å². The third-order valence-corrected chi connectivity index (χ3v) is 3.13. The number of nitrogens with two attached hydrogens (primary N) is 1. The van der Waals surface area contributed by atoms with E-state index in [9.17, 15) is 9.18 Å². The Morgan fingerprint density at radius 3 is 2.71 bits per heavy atom. The van der Waals surface area contributed by atoms with Crippen molar-refractivity contribution < 1.29 is 14.4 Å². The van der Waals surface area contributed by atoms with Crippen molar-refractivity contribution in [2.75, 3.05) is 13.1 Å². The van der Waals surface area contributed by atoms with E-state index in [0.29, 0.717) is 6.54 Å². The number of carbonyl (C=O) groups is 1. The van der Waals surface area contributed by atoms with E-state index in [2.05, 4.69) is 5.16 Å². The number of rotatable bonds is 6. The second-order valence-electron chi connectivity index (χ2n) is 5.08. The van der Waals surface area contributed by atoms with Gasteiger partial charge in [-0.2, -0.15) is 0 Å². The van der Waals surface area contributed by atoms with E-state index in [-0.39, 0.29) is 35.3 Å². The van der Waals surface area contributed by atoms with E-state index in [1.54, 1.807) is 0 Å². The first-order chi connectivity index (χ1) is 9.86. The van der Waals surface area contributed by atoms with Crippen molar-refractivity contribution in [2.24, 2.45) is 16.8 Å². The molecule has 3 N–H and O–H groups in total. The molecule has 1 amide bonds. The average molecular weight is 316 g/mol. The van der Waals surface area contributed by atoms with Crippen LogP contribution in [0.3, 0.4) is 0 Å². The van der Waals surface area contributed by atoms with Gasteiger partial charge < -0.3 is 15.8 Å². The molecule has 1 aromatic rings. The number of hydrogen-bond donors (Lipinski definition) is 2. The molecule has 0 spiro atoms. The van der Waals surface area contributed by atoms with Crippen LogP contribution >= 0.6 is 11.6 Å². The van der Waals surface area contributed by atoms with Gasteiger partial charge in [0.15, 0.2) is 0 Å². The van der Waals surface area contributed by atoms with Crippen LogP contribution in [0.15, 0.2) is 23.4 Å². The Bertz CT molecular complexity index is 515. The predicted molar refractivity (Wildman–Crippen MR) is 80.2 cm³/mol. The van der Waals surface area contributed by atoms with E-state index in [1.807, 2.05) is 13.8 Å². The molecule has 5 nitrogen and oxygen atoms in total. The van der Waals surface area contributed by atoms with E-state index >= 15 is 0 Å². The normalized spacial score (nSPS) is 11.8. The lowest BCUT2D eigenvalue weighted by Crippen LogP contribution is -2.37. The fourth-order valence-corrected chi connectivity index (χ4v) is 2.12. The fraction of sp³-hybridized carbons (Fsp3) is 0.429. The molecule has 7 heteroatoms. The van der Waals surface area contributed by atoms with Crippen LogP contribution in [0.2, 0.25) is 5.02 Å². The highest BCUT2D eigenvalue weighted by Gasteiger charge is 2.22. The maximum Gasteiger partial charge on any atom is 0.258 e. The molecular weight excluding hydrogens is 297 g/mol. The summed E-state index contributed by atoms with van der Waals surface area (Å²) < 4.78 is 13.8. The number of hydrogen-bond acceptors (Lipinski definition) is 3. The standard InChI is InChI=1S/C14H19ClFN3O2/c1-9(2)8-19(7-6-12(17)18-21)14(20)13-10(15)4-3-5-11(13)16/h3-5,9,21H,6-8H2,1-2H3,(H2,17,18). The number of amides is 1. The van der Waals surface area contributed by atoms with Gasteiger partial charge in [-0.1, -0.05) is 36.7 Å². The Balaban J connectivity index is 2.99. The SMILES string of the molecule is CC(C)CN(CCC(N)=NO)C(=O)c1c(F)cccc1Cl. The zero-order valence-corrected chi connectivity index (χ0v) is 12.8. The first-order valence-electron chi connectivity index (χ1n) is 6.56. The van der Waals surface area contributed by atoms with E-state index in [1.165, 1.54) is 23.1 Å². The van der Waals surface area contributed by atoms with E-state index < -0.39 is 11.7 Å². The van der Waals surface area contributed by atoms with Crippen molar-refractivity contribution >= 4 is 23.3 Å². The fourth-order valence-electron chi connectivity index (χ4n) is 1.88. The van der Waals surface area contributed by atoms with Crippen molar-refractivity contribution in [3.05, 3.63) is 34.6 Å². The molecule has 0 aliphatic carbocycles. The molecule has 21 heavy (non-hydrogen) atoms. The van der Waals surface area contributed by atoms with Gasteiger partial charge in [-0.15, -0.1) is 0 Å². The van der Waals surface area contributed by atoms with Crippen LogP contribution in [0.5, 0.6) is 0 Å². The molecule has 0 saturated carbocycles. The Kier molecular flexibility index (Phi) is 6.42. The molecular formula is C14H19ClFN3O2. The maximum absolute atomic E-state index is 13.8. The van der Waals surface area contributed by atoms with Crippen molar-refractivity contribution in [3.63, 3.8) is 0 Å². The van der Waals surface area contributed by atoms with Crippen LogP contribution in [-0.2, 0) is 0 Å². The number of benzene rings is 1. The molecule has 0 saturated heterocycles. The zero-order valence-electron chi connectivity index (χ0n) is 12.0. The van der Waals surface area contributed by atoms with Crippen molar-refractivity contribution in [1.82, 2.24) is 4.90 Å². The summed E-state index contributed by atoms with van der Waals surface area (Å²) in [4.78, 5) is 13.9. The third-order valence-electron chi connectivity index (χ3n) is 2.82. The molecule has 0 radical (unpaired) electrons. The highest BCUT2D eigenvalue weighted by molar-refractivity contribution is 6.33. The summed E-state index contributed by atoms with van der Waals surface area (Å²) in [5.41, 5.74) is 5.26. The monoisotopic (exact) mass is 315 g/mol. The summed E-state index contributed by atoms with van der Waals surface area (Å²) in [7, 11) is 0. The van der Waals surface area contributed by atoms with Crippen molar-refractivity contribution in [3.8, 4) is 0 Å². The van der Waals surface area contributed by atoms with Crippen LogP contribution in [0.25, 0.3) is 0 Å². The highest BCUT2D eigenvalue weighted by atomic mass is 35.5. The number of amidine groups is 1. The second kappa shape index (κ2) is 7.83. The van der Waals surface area contributed by atoms with E-state index in [4.69, 9.17) is 22.5 Å². The minimum Gasteiger partial charge on any atom is -0.409 e. The lowest BCUT2D eigenvalue weighted by atomic mass is 10.1. The minimum absolute atomic E-state index is 0.0104. The lowest BCUT2D eigenvalue weighted by molar-refractivity contribution is 0.0736. The molecule has 0 aliphatic heterocycles. The van der Waals surface area contributed by atoms with Crippen LogP contribution < -0.4 is 5.73 Å². The average Bonchev–Trinajstić information content (AvgIpc) is 2.42. The summed E-state index contributed by atoms with van der Waals surface area (Å²) in [6, 6.07) is 4.10. The topological polar surface area (TPSA) is 78.9 Å². The maximum atomic E-state index is 13.8. The van der Waals surface area contributed by atoms with E-state index in [0.717, 1.165) is 0 Å². The Morgan fingerprint density at radius 1 is 1.52 bits per heavy atom. The quantitative estimate of drug-likeness (QED) is 0.366. The predicted octanol–water partition coefficient (Wildman–Crippen LogP) is 2.71. The Morgan fingerprint density at radius 2 is 2.19 bits per heavy atom. The smallest absolute Gasteiger partial charge is 0.258 e. The number of nitrogens with zero attached hydrogens (tertiary/aromatic N) is 2. The molecule has 1 aromatic carbocycles. The molecule has 116 valence electrons. The van der Waals surface area contributed by atoms with Gasteiger partial charge in [0.2, 0.25) is 0 Å². The third kappa shape index (κ3) is 4.90. The number of halogens is 2. The summed E-state index contributed by atoms with van der Waals surface area (Å²) in [5, 5.41) is 11.5. The molecule has 1 rings (SSSR count). The van der Waals surface area contributed by atoms with Gasteiger partial charge in [-0.05, 0) is 18.1 Å². The Labute approximate surface area is 128 Å². The summed E-state index contributed by atoms with van der Waals surface area (Å²) in [6.07, 6.45) is 0.195. The van der Waals surface area contributed by atoms with Crippen LogP contribution in [-0.4, -0.2) is 34.9 Å². The highest BCUT2D eigenvalue weighted by Crippen LogP contribution is 2.21. The van der Waals surface area contributed by atoms with Crippen LogP contribution in [0.1, 0.15) is 30.6 Å². The summed E-state index contributed by atoms with van der Waals surface area (Å²) in [6.45, 7) is 4.51. The molecule has 0 fully saturated rings. The van der Waals surface area contributed by atoms with Gasteiger partial charge in [-0.3, -0.25) is 4.79 Å². The van der Waals surface area contributed by atoms with Gasteiger partial charge in [0.25, 0.3) is 5.91 Å². The molecule has 0 bridgehead atoms. The molecule has 0 atom stereocenters. The lowest BCUT2D eigenvalue weighted by Gasteiger charge is -2.25. The largest absolute Gasteiger partial charge is 0.409 e. The first kappa shape index (κ1) is 17.2. The van der Waals surface area contributed by atoms with Crippen LogP contribution in [0, 0.1) is 11.7 Å². The molecule has 0 aliphatic rings. The summed E-state index contributed by atoms with van der Waals surface area (Å²) in [5.74, 6) is -0.967. The minimum atomic E-state index is -0.662. The van der Waals surface area contributed by atoms with Gasteiger partial charge >= 0.3 is 0 Å². The van der Waals surface area contributed by atoms with Gasteiger partial charge in [0.05, 0.1) is 10.6 Å². The number of oxime groups is 1. The first-order valence-corrected chi connectivity index (χ1v) is 6.94. The Hall–Kier alpha value is -1.82. The van der Waals surface area contributed by atoms with Gasteiger partial charge in [0, 0.05) is 19.5 Å². The number of carbonyl (C=O) groups excluding carboxylic acids is 1. The molecule has 0 aromatic heterocycles. The van der Waals surface area contributed by atoms with Crippen molar-refractivity contribution in [2.45, 2.75) is 20.3 Å². The van der Waals surface area contributed by atoms with Gasteiger partial charge in [0.1, 0.15) is 11.7 Å². The summed E-state index contributed by atoms with van der Waals surface area (Å²) >= 11 is 5.92. The second-order valence-corrected chi connectivity index (χ2v) is 5.49. The molecule has 0 unspecified atom stereocenters.